The van der Waals surface area contributed by atoms with Crippen LogP contribution in [-0.4, -0.2) is 33.8 Å². The lowest BCUT2D eigenvalue weighted by Gasteiger charge is -2.28. The molecule has 0 radical (unpaired) electrons. The summed E-state index contributed by atoms with van der Waals surface area (Å²) in [6, 6.07) is 7.85. The van der Waals surface area contributed by atoms with Crippen LogP contribution in [0.5, 0.6) is 0 Å². The van der Waals surface area contributed by atoms with E-state index >= 15 is 0 Å². The van der Waals surface area contributed by atoms with E-state index in [2.05, 4.69) is 27.8 Å². The zero-order valence-corrected chi connectivity index (χ0v) is 15.6. The molecule has 7 heteroatoms. The number of nitrogens with one attached hydrogen (secondary N) is 2. The second-order valence-corrected chi connectivity index (χ2v) is 7.73. The highest BCUT2D eigenvalue weighted by atomic mass is 32.2. The molecule has 1 amide bonds. The Hall–Kier alpha value is -1.86. The number of piperidine rings is 1. The summed E-state index contributed by atoms with van der Waals surface area (Å²) in [6.45, 7) is 4.31. The molecule has 6 nitrogen and oxygen atoms in total. The fraction of sp³-hybridized carbons (Fsp3) is 0.500. The number of carbonyl (C=O) groups excluding carboxylic acids is 1. The second-order valence-electron chi connectivity index (χ2n) is 6.69. The van der Waals surface area contributed by atoms with Crippen LogP contribution in [0.3, 0.4) is 0 Å². The maximum atomic E-state index is 12.3. The first-order valence-electron chi connectivity index (χ1n) is 8.74. The van der Waals surface area contributed by atoms with Gasteiger partial charge in [0.05, 0.1) is 0 Å². The third kappa shape index (κ3) is 5.06. The Morgan fingerprint density at radius 2 is 2.24 bits per heavy atom. The van der Waals surface area contributed by atoms with Crippen molar-refractivity contribution in [1.29, 1.82) is 0 Å². The molecule has 1 aliphatic rings. The van der Waals surface area contributed by atoms with Gasteiger partial charge in [-0.3, -0.25) is 4.79 Å². The van der Waals surface area contributed by atoms with Crippen molar-refractivity contribution in [3.05, 3.63) is 30.6 Å². The minimum absolute atomic E-state index is 0.0896. The van der Waals surface area contributed by atoms with Crippen LogP contribution < -0.4 is 10.6 Å². The molecule has 1 aromatic heterocycles. The molecule has 0 aliphatic carbocycles. The Bertz CT molecular complexity index is 694. The normalized spacial score (nSPS) is 18.7. The van der Waals surface area contributed by atoms with Gasteiger partial charge in [0.2, 0.25) is 5.91 Å². The van der Waals surface area contributed by atoms with Gasteiger partial charge in [0.15, 0.2) is 5.16 Å². The predicted molar refractivity (Wildman–Crippen MR) is 99.6 cm³/mol. The molecule has 1 fully saturated rings. The minimum Gasteiger partial charge on any atom is -0.326 e. The van der Waals surface area contributed by atoms with E-state index in [1.807, 2.05) is 35.9 Å². The van der Waals surface area contributed by atoms with Crippen molar-refractivity contribution >= 4 is 23.4 Å². The Morgan fingerprint density at radius 1 is 1.44 bits per heavy atom. The van der Waals surface area contributed by atoms with Crippen LogP contribution in [0, 0.1) is 11.8 Å². The SMILES string of the molecule is CC(CC(=O)Nc1ccc(Sc2nncn2C)cc1)C1CCCNC1. The molecule has 1 saturated heterocycles. The largest absolute Gasteiger partial charge is 0.326 e. The molecular formula is C18H25N5OS. The van der Waals surface area contributed by atoms with Crippen LogP contribution in [0.4, 0.5) is 5.69 Å². The van der Waals surface area contributed by atoms with Crippen molar-refractivity contribution < 1.29 is 4.79 Å². The van der Waals surface area contributed by atoms with Crippen LogP contribution in [-0.2, 0) is 11.8 Å². The van der Waals surface area contributed by atoms with Gasteiger partial charge in [0, 0.05) is 24.1 Å². The number of aromatic nitrogens is 3. The van der Waals surface area contributed by atoms with Gasteiger partial charge in [-0.2, -0.15) is 0 Å². The van der Waals surface area contributed by atoms with Gasteiger partial charge in [0.25, 0.3) is 0 Å². The van der Waals surface area contributed by atoms with Crippen molar-refractivity contribution in [1.82, 2.24) is 20.1 Å². The monoisotopic (exact) mass is 359 g/mol. The lowest BCUT2D eigenvalue weighted by molar-refractivity contribution is -0.117. The van der Waals surface area contributed by atoms with E-state index in [-0.39, 0.29) is 5.91 Å². The number of rotatable bonds is 6. The first-order valence-corrected chi connectivity index (χ1v) is 9.56. The summed E-state index contributed by atoms with van der Waals surface area (Å²) in [7, 11) is 1.92. The van der Waals surface area contributed by atoms with Gasteiger partial charge < -0.3 is 15.2 Å². The van der Waals surface area contributed by atoms with E-state index < -0.39 is 0 Å². The third-order valence-corrected chi connectivity index (χ3v) is 5.72. The molecule has 1 aromatic carbocycles. The molecule has 0 spiro atoms. The Labute approximate surface area is 152 Å². The topological polar surface area (TPSA) is 71.8 Å². The van der Waals surface area contributed by atoms with Gasteiger partial charge in [-0.25, -0.2) is 0 Å². The Morgan fingerprint density at radius 3 is 2.88 bits per heavy atom. The average molecular weight is 359 g/mol. The first kappa shape index (κ1) is 17.9. The summed E-state index contributed by atoms with van der Waals surface area (Å²) in [4.78, 5) is 13.4. The molecular weight excluding hydrogens is 334 g/mol. The molecule has 0 saturated carbocycles. The molecule has 25 heavy (non-hydrogen) atoms. The molecule has 2 N–H and O–H groups in total. The number of aryl methyl sites for hydroxylation is 1. The van der Waals surface area contributed by atoms with Gasteiger partial charge in [-0.15, -0.1) is 10.2 Å². The van der Waals surface area contributed by atoms with Gasteiger partial charge >= 0.3 is 0 Å². The van der Waals surface area contributed by atoms with Crippen molar-refractivity contribution in [3.8, 4) is 0 Å². The van der Waals surface area contributed by atoms with Gasteiger partial charge in [0.1, 0.15) is 6.33 Å². The lowest BCUT2D eigenvalue weighted by atomic mass is 9.85. The third-order valence-electron chi connectivity index (χ3n) is 4.66. The van der Waals surface area contributed by atoms with Crippen molar-refractivity contribution in [2.24, 2.45) is 18.9 Å². The van der Waals surface area contributed by atoms with Crippen LogP contribution in [0.15, 0.2) is 40.6 Å². The lowest BCUT2D eigenvalue weighted by Crippen LogP contribution is -2.34. The van der Waals surface area contributed by atoms with E-state index in [1.54, 1.807) is 18.1 Å². The van der Waals surface area contributed by atoms with Crippen molar-refractivity contribution in [3.63, 3.8) is 0 Å². The summed E-state index contributed by atoms with van der Waals surface area (Å²) in [6.07, 6.45) is 4.68. The predicted octanol–water partition coefficient (Wildman–Crippen LogP) is 2.93. The number of anilines is 1. The number of amides is 1. The second kappa shape index (κ2) is 8.49. The standard InChI is InChI=1S/C18H25N5OS/c1-13(14-4-3-9-19-11-14)10-17(24)21-15-5-7-16(8-6-15)25-18-22-20-12-23(18)2/h5-8,12-14,19H,3-4,9-11H2,1-2H3,(H,21,24). The highest BCUT2D eigenvalue weighted by molar-refractivity contribution is 7.99. The quantitative estimate of drug-likeness (QED) is 0.830. The van der Waals surface area contributed by atoms with Crippen molar-refractivity contribution in [2.45, 2.75) is 36.2 Å². The fourth-order valence-corrected chi connectivity index (χ4v) is 3.87. The van der Waals surface area contributed by atoms with E-state index in [9.17, 15) is 4.79 Å². The highest BCUT2D eigenvalue weighted by Gasteiger charge is 2.22. The van der Waals surface area contributed by atoms with Crippen LogP contribution in [0.2, 0.25) is 0 Å². The maximum Gasteiger partial charge on any atom is 0.224 e. The van der Waals surface area contributed by atoms with Gasteiger partial charge in [-0.1, -0.05) is 6.92 Å². The van der Waals surface area contributed by atoms with E-state index in [1.165, 1.54) is 12.8 Å². The molecule has 2 unspecified atom stereocenters. The van der Waals surface area contributed by atoms with Gasteiger partial charge in [-0.05, 0) is 73.8 Å². The first-order chi connectivity index (χ1) is 12.1. The number of nitrogens with zero attached hydrogens (tertiary/aromatic N) is 3. The van der Waals surface area contributed by atoms with Crippen LogP contribution in [0.1, 0.15) is 26.2 Å². The zero-order chi connectivity index (χ0) is 17.6. The zero-order valence-electron chi connectivity index (χ0n) is 14.7. The molecule has 134 valence electrons. The summed E-state index contributed by atoms with van der Waals surface area (Å²) in [5.41, 5.74) is 0.835. The van der Waals surface area contributed by atoms with E-state index in [0.717, 1.165) is 28.8 Å². The average Bonchev–Trinajstić information content (AvgIpc) is 3.02. The van der Waals surface area contributed by atoms with Crippen molar-refractivity contribution in [2.75, 3.05) is 18.4 Å². The molecule has 2 aromatic rings. The highest BCUT2D eigenvalue weighted by Crippen LogP contribution is 2.27. The van der Waals surface area contributed by atoms with Crippen LogP contribution in [0.25, 0.3) is 0 Å². The summed E-state index contributed by atoms with van der Waals surface area (Å²) >= 11 is 1.55. The fourth-order valence-electron chi connectivity index (χ4n) is 3.11. The Balaban J connectivity index is 1.50. The summed E-state index contributed by atoms with van der Waals surface area (Å²) in [5, 5.41) is 15.2. The van der Waals surface area contributed by atoms with E-state index in [4.69, 9.17) is 0 Å². The minimum atomic E-state index is 0.0896. The summed E-state index contributed by atoms with van der Waals surface area (Å²) < 4.78 is 1.88. The summed E-state index contributed by atoms with van der Waals surface area (Å²) in [5.74, 6) is 1.09. The molecule has 0 bridgehead atoms. The molecule has 2 heterocycles. The molecule has 2 atom stereocenters. The molecule has 1 aliphatic heterocycles. The van der Waals surface area contributed by atoms with Crippen LogP contribution >= 0.6 is 11.8 Å². The smallest absolute Gasteiger partial charge is 0.224 e. The number of benzene rings is 1. The van der Waals surface area contributed by atoms with E-state index in [0.29, 0.717) is 18.3 Å². The Kier molecular flexibility index (Phi) is 6.09. The number of hydrogen-bond donors (Lipinski definition) is 2. The number of hydrogen-bond acceptors (Lipinski definition) is 5. The number of carbonyl (C=O) groups is 1. The maximum absolute atomic E-state index is 12.3. The molecule has 3 rings (SSSR count).